The molecule has 3 aromatic rings. The maximum absolute atomic E-state index is 12.3. The second-order valence-electron chi connectivity index (χ2n) is 6.30. The highest BCUT2D eigenvalue weighted by Crippen LogP contribution is 2.22. The minimum Gasteiger partial charge on any atom is -0.339 e. The van der Waals surface area contributed by atoms with E-state index in [4.69, 9.17) is 0 Å². The first-order chi connectivity index (χ1) is 10.8. The number of imidazole rings is 1. The summed E-state index contributed by atoms with van der Waals surface area (Å²) >= 11 is 0. The Morgan fingerprint density at radius 1 is 1.17 bits per heavy atom. The van der Waals surface area contributed by atoms with Crippen molar-refractivity contribution in [2.75, 3.05) is 5.32 Å². The number of aromatic nitrogens is 4. The summed E-state index contributed by atoms with van der Waals surface area (Å²) in [6.45, 7) is 6.32. The summed E-state index contributed by atoms with van der Waals surface area (Å²) in [6, 6.07) is 7.34. The lowest BCUT2D eigenvalue weighted by molar-refractivity contribution is 0.102. The lowest BCUT2D eigenvalue weighted by Gasteiger charge is -2.19. The highest BCUT2D eigenvalue weighted by molar-refractivity contribution is 6.03. The molecule has 1 aromatic carbocycles. The van der Waals surface area contributed by atoms with Gasteiger partial charge < -0.3 is 4.98 Å². The molecule has 2 heterocycles. The van der Waals surface area contributed by atoms with Crippen LogP contribution in [0.25, 0.3) is 11.2 Å². The molecule has 1 amide bonds. The topological polar surface area (TPSA) is 104 Å². The Bertz CT molecular complexity index is 916. The Balaban J connectivity index is 1.84. The second-order valence-corrected chi connectivity index (χ2v) is 6.30. The van der Waals surface area contributed by atoms with Gasteiger partial charge in [0.2, 0.25) is 5.95 Å². The van der Waals surface area contributed by atoms with Gasteiger partial charge in [0.25, 0.3) is 11.5 Å². The van der Waals surface area contributed by atoms with Crippen LogP contribution in [-0.4, -0.2) is 25.8 Å². The van der Waals surface area contributed by atoms with E-state index >= 15 is 0 Å². The van der Waals surface area contributed by atoms with E-state index < -0.39 is 0 Å². The van der Waals surface area contributed by atoms with Crippen molar-refractivity contribution in [3.63, 3.8) is 0 Å². The van der Waals surface area contributed by atoms with Crippen molar-refractivity contribution in [2.45, 2.75) is 26.2 Å². The number of benzene rings is 1. The van der Waals surface area contributed by atoms with Crippen molar-refractivity contribution in [3.8, 4) is 0 Å². The molecule has 7 nitrogen and oxygen atoms in total. The summed E-state index contributed by atoms with van der Waals surface area (Å²) in [5.74, 6) is -0.275. The third-order valence-corrected chi connectivity index (χ3v) is 3.54. The monoisotopic (exact) mass is 311 g/mol. The number of aromatic amines is 2. The number of fused-ring (bicyclic) bond motifs is 1. The van der Waals surface area contributed by atoms with Crippen molar-refractivity contribution in [2.24, 2.45) is 0 Å². The standard InChI is InChI=1S/C16H17N5O2/c1-16(2,3)10-6-4-9(5-7-10)13(22)20-15-19-12-11(14(23)21-15)17-8-18-12/h4-8H,1-3H3,(H3,17,18,19,20,21,22,23). The summed E-state index contributed by atoms with van der Waals surface area (Å²) in [5, 5.41) is 2.58. The largest absolute Gasteiger partial charge is 0.339 e. The zero-order valence-corrected chi connectivity index (χ0v) is 13.1. The van der Waals surface area contributed by atoms with Crippen LogP contribution >= 0.6 is 0 Å². The van der Waals surface area contributed by atoms with Crippen LogP contribution in [0, 0.1) is 0 Å². The number of rotatable bonds is 2. The van der Waals surface area contributed by atoms with E-state index in [1.165, 1.54) is 6.33 Å². The number of anilines is 1. The Labute approximate surface area is 132 Å². The van der Waals surface area contributed by atoms with Crippen molar-refractivity contribution in [1.82, 2.24) is 19.9 Å². The molecule has 0 radical (unpaired) electrons. The van der Waals surface area contributed by atoms with Crippen LogP contribution in [0.2, 0.25) is 0 Å². The highest BCUT2D eigenvalue weighted by atomic mass is 16.2. The number of amides is 1. The normalized spacial score (nSPS) is 11.6. The van der Waals surface area contributed by atoms with Crippen LogP contribution in [0.4, 0.5) is 5.95 Å². The first-order valence-corrected chi connectivity index (χ1v) is 7.20. The Morgan fingerprint density at radius 2 is 1.87 bits per heavy atom. The van der Waals surface area contributed by atoms with E-state index in [0.717, 1.165) is 5.56 Å². The zero-order chi connectivity index (χ0) is 16.6. The minimum absolute atomic E-state index is 0.0206. The molecule has 0 atom stereocenters. The number of hydrogen-bond donors (Lipinski definition) is 3. The Hall–Kier alpha value is -2.96. The van der Waals surface area contributed by atoms with Crippen LogP contribution in [0.1, 0.15) is 36.7 Å². The maximum Gasteiger partial charge on any atom is 0.278 e. The lowest BCUT2D eigenvalue weighted by atomic mass is 9.87. The molecule has 0 aliphatic heterocycles. The van der Waals surface area contributed by atoms with Gasteiger partial charge in [0.1, 0.15) is 0 Å². The quantitative estimate of drug-likeness (QED) is 0.675. The lowest BCUT2D eigenvalue weighted by Crippen LogP contribution is -2.19. The van der Waals surface area contributed by atoms with Gasteiger partial charge in [0.05, 0.1) is 6.33 Å². The molecule has 0 saturated carbocycles. The SMILES string of the molecule is CC(C)(C)c1ccc(C(=O)Nc2nc3nc[nH]c3c(=O)[nH]2)cc1. The average Bonchev–Trinajstić information content (AvgIpc) is 2.95. The van der Waals surface area contributed by atoms with Crippen molar-refractivity contribution >= 4 is 23.0 Å². The minimum atomic E-state index is -0.383. The van der Waals surface area contributed by atoms with Crippen LogP contribution in [-0.2, 0) is 5.41 Å². The second kappa shape index (κ2) is 5.35. The molecular weight excluding hydrogens is 294 g/mol. The molecule has 0 saturated heterocycles. The first-order valence-electron chi connectivity index (χ1n) is 7.20. The van der Waals surface area contributed by atoms with E-state index in [1.54, 1.807) is 12.1 Å². The molecule has 3 rings (SSSR count). The third kappa shape index (κ3) is 2.98. The van der Waals surface area contributed by atoms with Gasteiger partial charge in [-0.1, -0.05) is 32.9 Å². The van der Waals surface area contributed by atoms with Gasteiger partial charge in [0, 0.05) is 5.56 Å². The average molecular weight is 311 g/mol. The van der Waals surface area contributed by atoms with E-state index in [-0.39, 0.29) is 34.0 Å². The molecule has 0 unspecified atom stereocenters. The first kappa shape index (κ1) is 15.0. The molecular formula is C16H17N5O2. The molecule has 2 aromatic heterocycles. The van der Waals surface area contributed by atoms with Crippen molar-refractivity contribution in [3.05, 3.63) is 52.1 Å². The predicted octanol–water partition coefficient (Wildman–Crippen LogP) is 2.20. The third-order valence-electron chi connectivity index (χ3n) is 3.54. The van der Waals surface area contributed by atoms with Crippen LogP contribution in [0.15, 0.2) is 35.4 Å². The number of carbonyl (C=O) groups excluding carboxylic acids is 1. The van der Waals surface area contributed by atoms with Gasteiger partial charge in [0.15, 0.2) is 11.2 Å². The fourth-order valence-electron chi connectivity index (χ4n) is 2.20. The summed E-state index contributed by atoms with van der Waals surface area (Å²) in [7, 11) is 0. The molecule has 3 N–H and O–H groups in total. The summed E-state index contributed by atoms with van der Waals surface area (Å²) in [6.07, 6.45) is 1.38. The Kier molecular flexibility index (Phi) is 3.48. The number of carbonyl (C=O) groups is 1. The number of hydrogen-bond acceptors (Lipinski definition) is 4. The van der Waals surface area contributed by atoms with Gasteiger partial charge in [-0.3, -0.25) is 19.9 Å². The molecule has 0 bridgehead atoms. The molecule has 118 valence electrons. The van der Waals surface area contributed by atoms with E-state index in [9.17, 15) is 9.59 Å². The summed E-state index contributed by atoms with van der Waals surface area (Å²) < 4.78 is 0. The predicted molar refractivity (Wildman–Crippen MR) is 87.6 cm³/mol. The molecule has 0 spiro atoms. The number of nitrogens with one attached hydrogen (secondary N) is 3. The van der Waals surface area contributed by atoms with Gasteiger partial charge in [-0.25, -0.2) is 4.98 Å². The summed E-state index contributed by atoms with van der Waals surface area (Å²) in [4.78, 5) is 37.3. The van der Waals surface area contributed by atoms with Gasteiger partial charge in [-0.2, -0.15) is 4.98 Å². The van der Waals surface area contributed by atoms with Gasteiger partial charge >= 0.3 is 0 Å². The van der Waals surface area contributed by atoms with Crippen LogP contribution in [0.5, 0.6) is 0 Å². The van der Waals surface area contributed by atoms with E-state index in [0.29, 0.717) is 5.56 Å². The molecule has 0 aliphatic carbocycles. The smallest absolute Gasteiger partial charge is 0.278 e. The summed E-state index contributed by atoms with van der Waals surface area (Å²) in [5.41, 5.74) is 1.80. The fraction of sp³-hybridized carbons (Fsp3) is 0.250. The van der Waals surface area contributed by atoms with E-state index in [1.807, 2.05) is 12.1 Å². The highest BCUT2D eigenvalue weighted by Gasteiger charge is 2.15. The molecule has 0 fully saturated rings. The van der Waals surface area contributed by atoms with Crippen molar-refractivity contribution in [1.29, 1.82) is 0 Å². The number of H-pyrrole nitrogens is 2. The number of nitrogens with zero attached hydrogens (tertiary/aromatic N) is 2. The van der Waals surface area contributed by atoms with E-state index in [2.05, 4.69) is 46.0 Å². The van der Waals surface area contributed by atoms with Crippen molar-refractivity contribution < 1.29 is 4.79 Å². The fourth-order valence-corrected chi connectivity index (χ4v) is 2.20. The zero-order valence-electron chi connectivity index (χ0n) is 13.1. The van der Waals surface area contributed by atoms with Gasteiger partial charge in [-0.15, -0.1) is 0 Å². The maximum atomic E-state index is 12.3. The van der Waals surface area contributed by atoms with Crippen LogP contribution < -0.4 is 10.9 Å². The Morgan fingerprint density at radius 3 is 2.52 bits per heavy atom. The van der Waals surface area contributed by atoms with Gasteiger partial charge in [-0.05, 0) is 23.1 Å². The molecule has 23 heavy (non-hydrogen) atoms. The molecule has 7 heteroatoms. The van der Waals surface area contributed by atoms with Crippen LogP contribution in [0.3, 0.4) is 0 Å². The molecule has 0 aliphatic rings.